The zero-order valence-electron chi connectivity index (χ0n) is 11.9. The SMILES string of the molecule is CN=C(C)c1c(C)ccnc1Nc1cccc(C)c1. The van der Waals surface area contributed by atoms with E-state index in [0.717, 1.165) is 22.8 Å². The largest absolute Gasteiger partial charge is 0.340 e. The summed E-state index contributed by atoms with van der Waals surface area (Å²) in [6, 6.07) is 10.3. The summed E-state index contributed by atoms with van der Waals surface area (Å²) in [6.07, 6.45) is 1.82. The highest BCUT2D eigenvalue weighted by molar-refractivity contribution is 6.04. The third-order valence-corrected chi connectivity index (χ3v) is 3.14. The van der Waals surface area contributed by atoms with Gasteiger partial charge in [0.05, 0.1) is 0 Å². The van der Waals surface area contributed by atoms with Crippen LogP contribution < -0.4 is 5.32 Å². The first-order valence-electron chi connectivity index (χ1n) is 6.35. The van der Waals surface area contributed by atoms with Gasteiger partial charge in [-0.3, -0.25) is 4.99 Å². The van der Waals surface area contributed by atoms with E-state index in [9.17, 15) is 0 Å². The number of hydrogen-bond acceptors (Lipinski definition) is 3. The monoisotopic (exact) mass is 253 g/mol. The van der Waals surface area contributed by atoms with E-state index >= 15 is 0 Å². The fourth-order valence-electron chi connectivity index (χ4n) is 2.08. The second-order valence-electron chi connectivity index (χ2n) is 4.65. The van der Waals surface area contributed by atoms with E-state index in [1.165, 1.54) is 11.1 Å². The number of aromatic nitrogens is 1. The van der Waals surface area contributed by atoms with Crippen molar-refractivity contribution < 1.29 is 0 Å². The molecule has 1 heterocycles. The van der Waals surface area contributed by atoms with Crippen LogP contribution >= 0.6 is 0 Å². The highest BCUT2D eigenvalue weighted by Crippen LogP contribution is 2.22. The molecule has 0 aliphatic heterocycles. The summed E-state index contributed by atoms with van der Waals surface area (Å²) < 4.78 is 0. The smallest absolute Gasteiger partial charge is 0.139 e. The van der Waals surface area contributed by atoms with Crippen LogP contribution in [0, 0.1) is 13.8 Å². The molecule has 0 aliphatic carbocycles. The standard InChI is InChI=1S/C16H19N3/c1-11-6-5-7-14(10-11)19-16-15(13(3)17-4)12(2)8-9-18-16/h5-10H,1-4H3,(H,18,19). The topological polar surface area (TPSA) is 37.3 Å². The number of aliphatic imine (C=N–C) groups is 1. The van der Waals surface area contributed by atoms with Crippen LogP contribution in [0.5, 0.6) is 0 Å². The molecule has 0 spiro atoms. The van der Waals surface area contributed by atoms with Crippen molar-refractivity contribution in [3.8, 4) is 0 Å². The molecule has 0 saturated carbocycles. The number of nitrogens with one attached hydrogen (secondary N) is 1. The molecule has 2 rings (SSSR count). The molecule has 0 radical (unpaired) electrons. The van der Waals surface area contributed by atoms with E-state index in [4.69, 9.17) is 0 Å². The van der Waals surface area contributed by atoms with Gasteiger partial charge in [0.2, 0.25) is 0 Å². The van der Waals surface area contributed by atoms with E-state index < -0.39 is 0 Å². The molecule has 1 N–H and O–H groups in total. The van der Waals surface area contributed by atoms with Gasteiger partial charge in [-0.05, 0) is 50.1 Å². The van der Waals surface area contributed by atoms with Crippen molar-refractivity contribution in [1.29, 1.82) is 0 Å². The average Bonchev–Trinajstić information content (AvgIpc) is 2.38. The van der Waals surface area contributed by atoms with Crippen molar-refractivity contribution in [3.63, 3.8) is 0 Å². The summed E-state index contributed by atoms with van der Waals surface area (Å²) >= 11 is 0. The third kappa shape index (κ3) is 2.99. The van der Waals surface area contributed by atoms with Crippen LogP contribution in [0.4, 0.5) is 11.5 Å². The Bertz CT molecular complexity index is 615. The Balaban J connectivity index is 2.43. The van der Waals surface area contributed by atoms with Crippen LogP contribution in [0.25, 0.3) is 0 Å². The lowest BCUT2D eigenvalue weighted by molar-refractivity contribution is 1.24. The molecule has 0 saturated heterocycles. The molecule has 0 amide bonds. The van der Waals surface area contributed by atoms with Gasteiger partial charge in [-0.2, -0.15) is 0 Å². The molecule has 0 bridgehead atoms. The van der Waals surface area contributed by atoms with Crippen LogP contribution in [0.3, 0.4) is 0 Å². The molecule has 1 aromatic heterocycles. The molecule has 3 nitrogen and oxygen atoms in total. The summed E-state index contributed by atoms with van der Waals surface area (Å²) in [5.41, 5.74) is 5.50. The maximum atomic E-state index is 4.44. The third-order valence-electron chi connectivity index (χ3n) is 3.14. The maximum Gasteiger partial charge on any atom is 0.139 e. The molecular weight excluding hydrogens is 234 g/mol. The second-order valence-corrected chi connectivity index (χ2v) is 4.65. The molecule has 1 aromatic carbocycles. The molecule has 2 aromatic rings. The Labute approximate surface area is 114 Å². The van der Waals surface area contributed by atoms with Crippen molar-refractivity contribution in [2.24, 2.45) is 4.99 Å². The van der Waals surface area contributed by atoms with Crippen molar-refractivity contribution in [2.45, 2.75) is 20.8 Å². The Hall–Kier alpha value is -2.16. The van der Waals surface area contributed by atoms with Gasteiger partial charge < -0.3 is 5.32 Å². The summed E-state index contributed by atoms with van der Waals surface area (Å²) in [5.74, 6) is 0.855. The van der Waals surface area contributed by atoms with Gasteiger partial charge in [0.15, 0.2) is 0 Å². The van der Waals surface area contributed by atoms with Crippen molar-refractivity contribution in [1.82, 2.24) is 4.98 Å². The first-order chi connectivity index (χ1) is 9.11. The Kier molecular flexibility index (Phi) is 3.95. The van der Waals surface area contributed by atoms with E-state index in [-0.39, 0.29) is 0 Å². The first-order valence-corrected chi connectivity index (χ1v) is 6.35. The summed E-state index contributed by atoms with van der Waals surface area (Å²) in [6.45, 7) is 6.16. The average molecular weight is 253 g/mol. The minimum atomic E-state index is 0.855. The highest BCUT2D eigenvalue weighted by Gasteiger charge is 2.10. The van der Waals surface area contributed by atoms with Crippen LogP contribution in [-0.2, 0) is 0 Å². The molecule has 0 atom stereocenters. The second kappa shape index (κ2) is 5.65. The molecule has 0 unspecified atom stereocenters. The number of rotatable bonds is 3. The Morgan fingerprint density at radius 3 is 2.68 bits per heavy atom. The fourth-order valence-corrected chi connectivity index (χ4v) is 2.08. The zero-order valence-corrected chi connectivity index (χ0v) is 11.9. The molecule has 0 fully saturated rings. The Morgan fingerprint density at radius 1 is 1.21 bits per heavy atom. The van der Waals surface area contributed by atoms with Gasteiger partial charge in [0.25, 0.3) is 0 Å². The summed E-state index contributed by atoms with van der Waals surface area (Å²) in [7, 11) is 1.80. The number of pyridine rings is 1. The lowest BCUT2D eigenvalue weighted by Crippen LogP contribution is -2.06. The van der Waals surface area contributed by atoms with Gasteiger partial charge in [-0.25, -0.2) is 4.98 Å². The first kappa shape index (κ1) is 13.3. The van der Waals surface area contributed by atoms with Crippen molar-refractivity contribution in [2.75, 3.05) is 12.4 Å². The minimum Gasteiger partial charge on any atom is -0.340 e. The lowest BCUT2D eigenvalue weighted by Gasteiger charge is -2.13. The van der Waals surface area contributed by atoms with Gasteiger partial charge >= 0.3 is 0 Å². The van der Waals surface area contributed by atoms with E-state index in [1.807, 2.05) is 31.3 Å². The number of aryl methyl sites for hydroxylation is 2. The minimum absolute atomic E-state index is 0.855. The number of nitrogens with zero attached hydrogens (tertiary/aromatic N) is 2. The highest BCUT2D eigenvalue weighted by atomic mass is 15.0. The molecular formula is C16H19N3. The van der Waals surface area contributed by atoms with Gasteiger partial charge in [-0.1, -0.05) is 12.1 Å². The molecule has 0 aliphatic rings. The number of benzene rings is 1. The lowest BCUT2D eigenvalue weighted by atomic mass is 10.1. The summed E-state index contributed by atoms with van der Waals surface area (Å²) in [5, 5.41) is 3.38. The summed E-state index contributed by atoms with van der Waals surface area (Å²) in [4.78, 5) is 8.72. The Morgan fingerprint density at radius 2 is 2.00 bits per heavy atom. The van der Waals surface area contributed by atoms with Gasteiger partial charge in [0.1, 0.15) is 5.82 Å². The molecule has 3 heteroatoms. The fraction of sp³-hybridized carbons (Fsp3) is 0.250. The van der Waals surface area contributed by atoms with E-state index in [1.54, 1.807) is 7.05 Å². The molecule has 98 valence electrons. The van der Waals surface area contributed by atoms with Gasteiger partial charge in [0, 0.05) is 30.2 Å². The predicted molar refractivity (Wildman–Crippen MR) is 81.6 cm³/mol. The van der Waals surface area contributed by atoms with Crippen LogP contribution in [-0.4, -0.2) is 17.7 Å². The van der Waals surface area contributed by atoms with E-state index in [2.05, 4.69) is 41.3 Å². The van der Waals surface area contributed by atoms with Gasteiger partial charge in [-0.15, -0.1) is 0 Å². The van der Waals surface area contributed by atoms with Crippen LogP contribution in [0.1, 0.15) is 23.6 Å². The van der Waals surface area contributed by atoms with E-state index in [0.29, 0.717) is 0 Å². The quantitative estimate of drug-likeness (QED) is 0.843. The van der Waals surface area contributed by atoms with Crippen molar-refractivity contribution >= 4 is 17.2 Å². The normalized spacial score (nSPS) is 11.5. The van der Waals surface area contributed by atoms with Crippen LogP contribution in [0.15, 0.2) is 41.5 Å². The maximum absolute atomic E-state index is 4.44. The van der Waals surface area contributed by atoms with Crippen molar-refractivity contribution in [3.05, 3.63) is 53.2 Å². The molecule has 19 heavy (non-hydrogen) atoms. The van der Waals surface area contributed by atoms with Crippen LogP contribution in [0.2, 0.25) is 0 Å². The zero-order chi connectivity index (χ0) is 13.8. The number of hydrogen-bond donors (Lipinski definition) is 1. The predicted octanol–water partition coefficient (Wildman–Crippen LogP) is 3.88. The number of anilines is 2.